The van der Waals surface area contributed by atoms with Crippen LogP contribution in [0, 0.1) is 0 Å². The van der Waals surface area contributed by atoms with Crippen LogP contribution >= 0.6 is 0 Å². The van der Waals surface area contributed by atoms with Gasteiger partial charge in [0, 0.05) is 6.92 Å². The van der Waals surface area contributed by atoms with Crippen LogP contribution < -0.4 is 50.6 Å². The Morgan fingerprint density at radius 2 is 1.62 bits per heavy atom. The zero-order chi connectivity index (χ0) is 18.8. The number of benzene rings is 1. The summed E-state index contributed by atoms with van der Waals surface area (Å²) in [5, 5.41) is 27.5. The van der Waals surface area contributed by atoms with Gasteiger partial charge in [-0.1, -0.05) is 30.3 Å². The van der Waals surface area contributed by atoms with Gasteiger partial charge in [-0.05, 0) is 12.0 Å². The van der Waals surface area contributed by atoms with Gasteiger partial charge in [-0.25, -0.2) is 0 Å². The van der Waals surface area contributed by atoms with E-state index in [1.165, 1.54) is 6.92 Å². The maximum absolute atomic E-state index is 11.9. The Morgan fingerprint density at radius 1 is 1.04 bits per heavy atom. The predicted octanol–water partition coefficient (Wildman–Crippen LogP) is -5.92. The van der Waals surface area contributed by atoms with Crippen molar-refractivity contribution in [3.05, 3.63) is 35.9 Å². The van der Waals surface area contributed by atoms with Gasteiger partial charge in [0.05, 0.1) is 25.1 Å². The van der Waals surface area contributed by atoms with Gasteiger partial charge in [0.1, 0.15) is 6.10 Å². The van der Waals surface area contributed by atoms with Gasteiger partial charge >= 0.3 is 29.6 Å². The first-order valence-electron chi connectivity index (χ1n) is 7.53. The second-order valence-corrected chi connectivity index (χ2v) is 5.31. The number of amides is 3. The number of aliphatic carboxylic acids is 1. The van der Waals surface area contributed by atoms with Crippen LogP contribution in [0.15, 0.2) is 30.3 Å². The Kier molecular flexibility index (Phi) is 11.5. The van der Waals surface area contributed by atoms with E-state index in [9.17, 15) is 29.4 Å². The Balaban J connectivity index is 0.00000625. The fourth-order valence-electron chi connectivity index (χ4n) is 1.98. The largest absolute Gasteiger partial charge is 1.00 e. The van der Waals surface area contributed by atoms with E-state index in [1.54, 1.807) is 30.3 Å². The Morgan fingerprint density at radius 3 is 2.15 bits per heavy atom. The molecule has 1 rings (SSSR count). The van der Waals surface area contributed by atoms with Crippen molar-refractivity contribution in [2.75, 3.05) is 13.1 Å². The molecule has 0 spiro atoms. The van der Waals surface area contributed by atoms with Gasteiger partial charge in [0.15, 0.2) is 0 Å². The van der Waals surface area contributed by atoms with Gasteiger partial charge in [0.2, 0.25) is 17.7 Å². The van der Waals surface area contributed by atoms with Crippen molar-refractivity contribution in [2.45, 2.75) is 25.5 Å². The fraction of sp³-hybridized carbons (Fsp3) is 0.375. The zero-order valence-corrected chi connectivity index (χ0v) is 16.7. The summed E-state index contributed by atoms with van der Waals surface area (Å²) in [6.07, 6.45) is -1.83. The van der Waals surface area contributed by atoms with E-state index in [2.05, 4.69) is 16.0 Å². The normalized spacial score (nSPS) is 12.1. The molecular formula is C16H20N3NaO6. The summed E-state index contributed by atoms with van der Waals surface area (Å²) in [6, 6.07) is 7.57. The quantitative estimate of drug-likeness (QED) is 0.317. The van der Waals surface area contributed by atoms with E-state index in [0.29, 0.717) is 5.56 Å². The molecule has 0 aliphatic carbocycles. The maximum Gasteiger partial charge on any atom is 1.00 e. The molecule has 4 N–H and O–H groups in total. The fourth-order valence-corrected chi connectivity index (χ4v) is 1.98. The summed E-state index contributed by atoms with van der Waals surface area (Å²) in [5.74, 6) is -3.36. The predicted molar refractivity (Wildman–Crippen MR) is 84.8 cm³/mol. The van der Waals surface area contributed by atoms with Crippen LogP contribution in [0.25, 0.3) is 0 Å². The van der Waals surface area contributed by atoms with Crippen LogP contribution in [-0.2, 0) is 25.6 Å². The average molecular weight is 373 g/mol. The van der Waals surface area contributed by atoms with E-state index in [0.717, 1.165) is 0 Å². The summed E-state index contributed by atoms with van der Waals surface area (Å²) >= 11 is 0. The Labute approximate surface area is 172 Å². The molecule has 0 aliphatic heterocycles. The first-order chi connectivity index (χ1) is 11.8. The summed E-state index contributed by atoms with van der Waals surface area (Å²) in [6.45, 7) is 0.538. The number of carboxylic acids is 1. The summed E-state index contributed by atoms with van der Waals surface area (Å²) in [5.41, 5.74) is 0.711. The number of carbonyl (C=O) groups is 4. The standard InChI is InChI=1S/C16H21N3O6.Na/c1-10(20)17-8-13(21)18-9-14(22)19-12(15(23)16(24)25)7-11-5-3-2-4-6-11;/h2-6,12,15,23H,7-9H2,1H3,(H,17,20)(H,18,21)(H,19,22)(H,24,25);/q;+1/p-1/t12-,15+;/m1./s1. The van der Waals surface area contributed by atoms with Crippen molar-refractivity contribution in [3.8, 4) is 0 Å². The molecule has 0 radical (unpaired) electrons. The smallest absolute Gasteiger partial charge is 0.547 e. The van der Waals surface area contributed by atoms with Gasteiger partial charge < -0.3 is 31.0 Å². The number of rotatable bonds is 9. The molecule has 0 heterocycles. The molecule has 0 aromatic heterocycles. The van der Waals surface area contributed by atoms with Gasteiger partial charge in [-0.3, -0.25) is 14.4 Å². The molecular weight excluding hydrogens is 353 g/mol. The second-order valence-electron chi connectivity index (χ2n) is 5.31. The van der Waals surface area contributed by atoms with Crippen molar-refractivity contribution >= 4 is 23.7 Å². The number of hydrogen-bond donors (Lipinski definition) is 4. The third-order valence-corrected chi connectivity index (χ3v) is 3.21. The molecule has 0 fully saturated rings. The van der Waals surface area contributed by atoms with E-state index in [4.69, 9.17) is 0 Å². The van der Waals surface area contributed by atoms with Crippen LogP contribution in [0.2, 0.25) is 0 Å². The molecule has 2 atom stereocenters. The average Bonchev–Trinajstić information content (AvgIpc) is 2.57. The SMILES string of the molecule is CC(=O)NCC(=O)NCC(=O)N[C@H](Cc1ccccc1)[C@H](O)C(=O)[O-].[Na+]. The Bertz CT molecular complexity index is 626. The van der Waals surface area contributed by atoms with E-state index in [1.807, 2.05) is 0 Å². The summed E-state index contributed by atoms with van der Waals surface area (Å²) in [4.78, 5) is 44.9. The molecule has 0 unspecified atom stereocenters. The van der Waals surface area contributed by atoms with Crippen LogP contribution in [0.4, 0.5) is 0 Å². The van der Waals surface area contributed by atoms with Gasteiger partial charge in [-0.2, -0.15) is 0 Å². The number of carboxylic acid groups (broad SMARTS) is 1. The third-order valence-electron chi connectivity index (χ3n) is 3.21. The van der Waals surface area contributed by atoms with E-state index >= 15 is 0 Å². The number of carbonyl (C=O) groups excluding carboxylic acids is 4. The van der Waals surface area contributed by atoms with Crippen molar-refractivity contribution in [1.82, 2.24) is 16.0 Å². The van der Waals surface area contributed by atoms with Gasteiger partial charge in [0.25, 0.3) is 0 Å². The third kappa shape index (κ3) is 9.52. The monoisotopic (exact) mass is 373 g/mol. The summed E-state index contributed by atoms with van der Waals surface area (Å²) in [7, 11) is 0. The topological polar surface area (TPSA) is 148 Å². The van der Waals surface area contributed by atoms with Crippen molar-refractivity contribution in [2.24, 2.45) is 0 Å². The molecule has 0 saturated carbocycles. The Hall–Kier alpha value is -1.94. The second kappa shape index (κ2) is 12.4. The molecule has 136 valence electrons. The minimum Gasteiger partial charge on any atom is -0.547 e. The minimum atomic E-state index is -1.90. The van der Waals surface area contributed by atoms with Crippen molar-refractivity contribution in [1.29, 1.82) is 0 Å². The molecule has 0 saturated heterocycles. The van der Waals surface area contributed by atoms with Crippen LogP contribution in [0.1, 0.15) is 12.5 Å². The molecule has 9 nitrogen and oxygen atoms in total. The number of nitrogens with one attached hydrogen (secondary N) is 3. The minimum absolute atomic E-state index is 0. The molecule has 26 heavy (non-hydrogen) atoms. The summed E-state index contributed by atoms with van der Waals surface area (Å²) < 4.78 is 0. The zero-order valence-electron chi connectivity index (χ0n) is 14.7. The molecule has 10 heteroatoms. The van der Waals surface area contributed by atoms with Crippen LogP contribution in [0.5, 0.6) is 0 Å². The van der Waals surface area contributed by atoms with Crippen LogP contribution in [-0.4, -0.2) is 54.0 Å². The first kappa shape index (κ1) is 24.1. The van der Waals surface area contributed by atoms with Gasteiger partial charge in [-0.15, -0.1) is 0 Å². The van der Waals surface area contributed by atoms with Crippen molar-refractivity contribution < 1.29 is 58.9 Å². The molecule has 1 aromatic carbocycles. The number of hydrogen-bond acceptors (Lipinski definition) is 6. The maximum atomic E-state index is 11.9. The molecule has 0 bridgehead atoms. The number of aliphatic hydroxyl groups excluding tert-OH is 1. The first-order valence-corrected chi connectivity index (χ1v) is 7.53. The molecule has 1 aromatic rings. The van der Waals surface area contributed by atoms with E-state index < -0.39 is 36.5 Å². The molecule has 0 aliphatic rings. The number of aliphatic hydroxyl groups is 1. The van der Waals surface area contributed by atoms with Crippen molar-refractivity contribution in [3.63, 3.8) is 0 Å². The van der Waals surface area contributed by atoms with E-state index in [-0.39, 0.29) is 48.4 Å². The molecule has 3 amide bonds. The van der Waals surface area contributed by atoms with Crippen LogP contribution in [0.3, 0.4) is 0 Å².